The second-order valence-electron chi connectivity index (χ2n) is 5.12. The van der Waals surface area contributed by atoms with Crippen molar-refractivity contribution in [2.24, 2.45) is 0 Å². The zero-order valence-electron chi connectivity index (χ0n) is 11.1. The first-order chi connectivity index (χ1) is 8.73. The molecule has 1 aromatic rings. The predicted octanol–water partition coefficient (Wildman–Crippen LogP) is 3.63. The molecule has 0 amide bonds. The fraction of sp³-hybridized carbons (Fsp3) is 0.429. The fourth-order valence-corrected chi connectivity index (χ4v) is 1.72. The zero-order chi connectivity index (χ0) is 14.6. The lowest BCUT2D eigenvalue weighted by atomic mass is 10.1. The molecule has 0 aliphatic rings. The van der Waals surface area contributed by atoms with E-state index in [9.17, 15) is 9.18 Å². The van der Waals surface area contributed by atoms with Crippen LogP contribution >= 0.6 is 11.6 Å². The van der Waals surface area contributed by atoms with E-state index in [4.69, 9.17) is 21.6 Å². The van der Waals surface area contributed by atoms with Crippen LogP contribution < -0.4 is 0 Å². The number of hydrogen-bond donors (Lipinski definition) is 0. The molecule has 0 heterocycles. The lowest BCUT2D eigenvalue weighted by Crippen LogP contribution is -2.24. The van der Waals surface area contributed by atoms with E-state index in [0.717, 1.165) is 6.07 Å². The Balaban J connectivity index is 2.72. The Hall–Kier alpha value is -1.60. The molecular formula is C14H15ClFNO2. The highest BCUT2D eigenvalue weighted by molar-refractivity contribution is 6.31. The van der Waals surface area contributed by atoms with E-state index in [-0.39, 0.29) is 23.4 Å². The minimum atomic E-state index is -0.558. The summed E-state index contributed by atoms with van der Waals surface area (Å²) in [5.41, 5.74) is -0.173. The lowest BCUT2D eigenvalue weighted by Gasteiger charge is -2.19. The van der Waals surface area contributed by atoms with Gasteiger partial charge in [0, 0.05) is 6.42 Å². The van der Waals surface area contributed by atoms with Gasteiger partial charge in [0.2, 0.25) is 0 Å². The summed E-state index contributed by atoms with van der Waals surface area (Å²) in [5.74, 6) is -0.933. The van der Waals surface area contributed by atoms with Gasteiger partial charge in [-0.2, -0.15) is 5.26 Å². The SMILES string of the molecule is CC(C)(C)OC(=O)CCc1cc(Cl)c(C#N)cc1F. The van der Waals surface area contributed by atoms with Gasteiger partial charge in [-0.25, -0.2) is 4.39 Å². The predicted molar refractivity (Wildman–Crippen MR) is 70.3 cm³/mol. The zero-order valence-corrected chi connectivity index (χ0v) is 11.8. The molecule has 0 saturated heterocycles. The molecule has 0 saturated carbocycles. The molecule has 1 rings (SSSR count). The number of hydrogen-bond acceptors (Lipinski definition) is 3. The molecule has 0 aliphatic carbocycles. The van der Waals surface area contributed by atoms with Gasteiger partial charge < -0.3 is 4.74 Å². The van der Waals surface area contributed by atoms with Crippen LogP contribution in [-0.4, -0.2) is 11.6 Å². The second-order valence-corrected chi connectivity index (χ2v) is 5.53. The number of carbonyl (C=O) groups excluding carboxylic acids is 1. The second kappa shape index (κ2) is 6.03. The largest absolute Gasteiger partial charge is 0.460 e. The number of nitriles is 1. The number of benzene rings is 1. The average Bonchev–Trinajstić information content (AvgIpc) is 2.27. The lowest BCUT2D eigenvalue weighted by molar-refractivity contribution is -0.154. The minimum absolute atomic E-state index is 0.0659. The molecule has 0 spiro atoms. The van der Waals surface area contributed by atoms with E-state index in [1.807, 2.05) is 0 Å². The highest BCUT2D eigenvalue weighted by atomic mass is 35.5. The van der Waals surface area contributed by atoms with E-state index in [0.29, 0.717) is 5.56 Å². The third kappa shape index (κ3) is 4.88. The average molecular weight is 284 g/mol. The number of carbonyl (C=O) groups is 1. The first-order valence-corrected chi connectivity index (χ1v) is 6.20. The van der Waals surface area contributed by atoms with Crippen LogP contribution in [0.4, 0.5) is 4.39 Å². The van der Waals surface area contributed by atoms with Crippen molar-refractivity contribution in [2.45, 2.75) is 39.2 Å². The molecule has 0 N–H and O–H groups in total. The summed E-state index contributed by atoms with van der Waals surface area (Å²) in [6.07, 6.45) is 0.253. The Morgan fingerprint density at radius 1 is 1.47 bits per heavy atom. The van der Waals surface area contributed by atoms with Crippen molar-refractivity contribution in [2.75, 3.05) is 0 Å². The third-order valence-corrected chi connectivity index (χ3v) is 2.59. The first-order valence-electron chi connectivity index (χ1n) is 5.83. The maximum atomic E-state index is 13.6. The van der Waals surface area contributed by atoms with E-state index in [1.54, 1.807) is 26.8 Å². The van der Waals surface area contributed by atoms with Crippen LogP contribution in [0.5, 0.6) is 0 Å². The molecular weight excluding hydrogens is 269 g/mol. The number of halogens is 2. The summed E-state index contributed by atoms with van der Waals surface area (Å²) in [5, 5.41) is 8.89. The van der Waals surface area contributed by atoms with Crippen LogP contribution in [-0.2, 0) is 16.0 Å². The van der Waals surface area contributed by atoms with Gasteiger partial charge in [0.15, 0.2) is 0 Å². The van der Waals surface area contributed by atoms with E-state index >= 15 is 0 Å². The molecule has 0 aromatic heterocycles. The maximum absolute atomic E-state index is 13.6. The van der Waals surface area contributed by atoms with Crippen LogP contribution in [0.1, 0.15) is 38.3 Å². The van der Waals surface area contributed by atoms with Crippen LogP contribution in [0.25, 0.3) is 0 Å². The Kier molecular flexibility index (Phi) is 4.90. The number of nitrogens with zero attached hydrogens (tertiary/aromatic N) is 1. The van der Waals surface area contributed by atoms with E-state index in [1.165, 1.54) is 6.07 Å². The third-order valence-electron chi connectivity index (χ3n) is 2.28. The summed E-state index contributed by atoms with van der Waals surface area (Å²) < 4.78 is 18.8. The maximum Gasteiger partial charge on any atom is 0.306 e. The van der Waals surface area contributed by atoms with Crippen molar-refractivity contribution in [1.29, 1.82) is 5.26 Å². The summed E-state index contributed by atoms with van der Waals surface area (Å²) in [6.45, 7) is 5.30. The number of esters is 1. The van der Waals surface area contributed by atoms with E-state index < -0.39 is 17.4 Å². The molecule has 102 valence electrons. The van der Waals surface area contributed by atoms with Crippen molar-refractivity contribution in [1.82, 2.24) is 0 Å². The van der Waals surface area contributed by atoms with Gasteiger partial charge in [0.05, 0.1) is 10.6 Å². The highest BCUT2D eigenvalue weighted by Crippen LogP contribution is 2.21. The van der Waals surface area contributed by atoms with Crippen molar-refractivity contribution < 1.29 is 13.9 Å². The molecule has 0 bridgehead atoms. The van der Waals surface area contributed by atoms with Crippen molar-refractivity contribution in [3.8, 4) is 6.07 Å². The number of aryl methyl sites for hydroxylation is 1. The summed E-state index contributed by atoms with van der Waals surface area (Å²) in [6, 6.07) is 4.25. The Morgan fingerprint density at radius 3 is 2.63 bits per heavy atom. The molecule has 19 heavy (non-hydrogen) atoms. The summed E-state index contributed by atoms with van der Waals surface area (Å²) in [7, 11) is 0. The smallest absolute Gasteiger partial charge is 0.306 e. The van der Waals surface area contributed by atoms with Gasteiger partial charge in [0.25, 0.3) is 0 Å². The van der Waals surface area contributed by atoms with Gasteiger partial charge in [-0.15, -0.1) is 0 Å². The van der Waals surface area contributed by atoms with Crippen molar-refractivity contribution in [3.63, 3.8) is 0 Å². The Morgan fingerprint density at radius 2 is 2.11 bits per heavy atom. The highest BCUT2D eigenvalue weighted by Gasteiger charge is 2.17. The standard InChI is InChI=1S/C14H15ClFNO2/c1-14(2,3)19-13(18)5-4-9-6-11(15)10(8-17)7-12(9)16/h6-7H,4-5H2,1-3H3. The topological polar surface area (TPSA) is 50.1 Å². The molecule has 3 nitrogen and oxygen atoms in total. The van der Waals surface area contributed by atoms with Crippen LogP contribution in [0.2, 0.25) is 5.02 Å². The Bertz CT molecular complexity index is 529. The van der Waals surface area contributed by atoms with Gasteiger partial charge in [0.1, 0.15) is 17.5 Å². The van der Waals surface area contributed by atoms with Crippen molar-refractivity contribution >= 4 is 17.6 Å². The monoisotopic (exact) mass is 283 g/mol. The van der Waals surface area contributed by atoms with Gasteiger partial charge in [-0.1, -0.05) is 11.6 Å². The summed E-state index contributed by atoms with van der Waals surface area (Å²) >= 11 is 5.82. The van der Waals surface area contributed by atoms with Crippen LogP contribution in [0, 0.1) is 17.1 Å². The molecule has 1 aromatic carbocycles. The number of rotatable bonds is 3. The Labute approximate surface area is 116 Å². The molecule has 5 heteroatoms. The summed E-state index contributed by atoms with van der Waals surface area (Å²) in [4.78, 5) is 11.5. The van der Waals surface area contributed by atoms with E-state index in [2.05, 4.69) is 0 Å². The van der Waals surface area contributed by atoms with Gasteiger partial charge >= 0.3 is 5.97 Å². The van der Waals surface area contributed by atoms with Gasteiger partial charge in [-0.05, 0) is 44.9 Å². The van der Waals surface area contributed by atoms with Crippen molar-refractivity contribution in [3.05, 3.63) is 34.1 Å². The fourth-order valence-electron chi connectivity index (χ4n) is 1.49. The van der Waals surface area contributed by atoms with Gasteiger partial charge in [-0.3, -0.25) is 4.79 Å². The van der Waals surface area contributed by atoms with Crippen LogP contribution in [0.3, 0.4) is 0 Å². The first kappa shape index (κ1) is 15.5. The normalized spacial score (nSPS) is 10.9. The molecule has 0 atom stereocenters. The molecule has 0 aliphatic heterocycles. The molecule has 0 radical (unpaired) electrons. The van der Waals surface area contributed by atoms with Crippen LogP contribution in [0.15, 0.2) is 12.1 Å². The quantitative estimate of drug-likeness (QED) is 0.796. The molecule has 0 unspecified atom stereocenters. The minimum Gasteiger partial charge on any atom is -0.460 e. The number of ether oxygens (including phenoxy) is 1. The molecule has 0 fully saturated rings.